The molecule has 1 saturated heterocycles. The van der Waals surface area contributed by atoms with Crippen molar-refractivity contribution in [2.24, 2.45) is 0 Å². The van der Waals surface area contributed by atoms with Crippen LogP contribution in [0.2, 0.25) is 0 Å². The van der Waals surface area contributed by atoms with E-state index in [1.54, 1.807) is 0 Å². The zero-order chi connectivity index (χ0) is 19.9. The summed E-state index contributed by atoms with van der Waals surface area (Å²) in [5.41, 5.74) is 4.73. The van der Waals surface area contributed by atoms with Crippen molar-refractivity contribution in [1.82, 2.24) is 9.88 Å². The molecule has 2 heterocycles. The van der Waals surface area contributed by atoms with Gasteiger partial charge in [0.15, 0.2) is 0 Å². The highest BCUT2D eigenvalue weighted by Crippen LogP contribution is 2.26. The Hall–Kier alpha value is -2.94. The molecule has 29 heavy (non-hydrogen) atoms. The molecular formula is C26H28N2O. The summed E-state index contributed by atoms with van der Waals surface area (Å²) < 4.78 is 0. The Bertz CT molecular complexity index is 924. The Labute approximate surface area is 173 Å². The van der Waals surface area contributed by atoms with E-state index in [1.165, 1.54) is 11.1 Å². The maximum atomic E-state index is 12.8. The topological polar surface area (TPSA) is 33.2 Å². The lowest BCUT2D eigenvalue weighted by molar-refractivity contribution is -0.132. The smallest absolute Gasteiger partial charge is 0.222 e. The Kier molecular flexibility index (Phi) is 6.35. The second-order valence-electron chi connectivity index (χ2n) is 7.88. The number of rotatable bonds is 6. The number of pyridine rings is 1. The molecule has 4 rings (SSSR count). The summed E-state index contributed by atoms with van der Waals surface area (Å²) in [6, 6.07) is 27.1. The molecule has 1 atom stereocenters. The number of aromatic nitrogens is 1. The number of hydrogen-bond donors (Lipinski definition) is 0. The van der Waals surface area contributed by atoms with Crippen LogP contribution < -0.4 is 0 Å². The zero-order valence-electron chi connectivity index (χ0n) is 16.8. The first kappa shape index (κ1) is 19.4. The quantitative estimate of drug-likeness (QED) is 0.598. The van der Waals surface area contributed by atoms with Crippen molar-refractivity contribution in [3.05, 3.63) is 101 Å². The summed E-state index contributed by atoms with van der Waals surface area (Å²) in [6.45, 7) is 1.66. The highest BCUT2D eigenvalue weighted by atomic mass is 16.2. The van der Waals surface area contributed by atoms with Gasteiger partial charge in [0, 0.05) is 43.2 Å². The Morgan fingerprint density at radius 1 is 0.897 bits per heavy atom. The summed E-state index contributed by atoms with van der Waals surface area (Å²) in [5.74, 6) is 0.596. The molecule has 0 radical (unpaired) electrons. The van der Waals surface area contributed by atoms with Gasteiger partial charge < -0.3 is 4.90 Å². The summed E-state index contributed by atoms with van der Waals surface area (Å²) in [6.07, 6.45) is 4.39. The number of likely N-dealkylation sites (tertiary alicyclic amines) is 1. The average molecular weight is 385 g/mol. The third kappa shape index (κ3) is 5.32. The molecule has 0 N–H and O–H groups in total. The summed E-state index contributed by atoms with van der Waals surface area (Å²) >= 11 is 0. The van der Waals surface area contributed by atoms with Gasteiger partial charge in [0.25, 0.3) is 0 Å². The van der Waals surface area contributed by atoms with Crippen molar-refractivity contribution in [3.8, 4) is 0 Å². The highest BCUT2D eigenvalue weighted by Gasteiger charge is 2.25. The number of piperidine rings is 1. The van der Waals surface area contributed by atoms with E-state index < -0.39 is 0 Å². The van der Waals surface area contributed by atoms with Crippen LogP contribution in [0.4, 0.5) is 0 Å². The molecular weight excluding hydrogens is 356 g/mol. The van der Waals surface area contributed by atoms with Crippen LogP contribution in [0.5, 0.6) is 0 Å². The Balaban J connectivity index is 1.38. The Morgan fingerprint density at radius 2 is 1.62 bits per heavy atom. The van der Waals surface area contributed by atoms with Gasteiger partial charge in [-0.2, -0.15) is 0 Å². The molecule has 3 aromatic rings. The standard InChI is InChI=1S/C26H28N2O/c29-26(17-16-21-9-3-1-4-10-21)28-18-8-13-23(20-28)25-15-7-14-24(27-25)19-22-11-5-2-6-12-22/h1-7,9-12,14-15,23H,8,13,16-20H2. The van der Waals surface area contributed by atoms with Crippen molar-refractivity contribution in [2.45, 2.75) is 38.0 Å². The highest BCUT2D eigenvalue weighted by molar-refractivity contribution is 5.76. The van der Waals surface area contributed by atoms with Crippen LogP contribution >= 0.6 is 0 Å². The van der Waals surface area contributed by atoms with Crippen LogP contribution in [-0.4, -0.2) is 28.9 Å². The number of nitrogens with zero attached hydrogens (tertiary/aromatic N) is 2. The van der Waals surface area contributed by atoms with Crippen molar-refractivity contribution in [2.75, 3.05) is 13.1 Å². The van der Waals surface area contributed by atoms with Crippen LogP contribution in [-0.2, 0) is 17.6 Å². The maximum absolute atomic E-state index is 12.8. The van der Waals surface area contributed by atoms with Gasteiger partial charge in [0.2, 0.25) is 5.91 Å². The molecule has 2 aromatic carbocycles. The zero-order valence-corrected chi connectivity index (χ0v) is 16.8. The number of aryl methyl sites for hydroxylation is 1. The first-order chi connectivity index (χ1) is 14.3. The molecule has 1 unspecified atom stereocenters. The minimum Gasteiger partial charge on any atom is -0.342 e. The fraction of sp³-hybridized carbons (Fsp3) is 0.308. The fourth-order valence-electron chi connectivity index (χ4n) is 4.13. The maximum Gasteiger partial charge on any atom is 0.222 e. The lowest BCUT2D eigenvalue weighted by Gasteiger charge is -2.32. The van der Waals surface area contributed by atoms with E-state index in [2.05, 4.69) is 54.6 Å². The lowest BCUT2D eigenvalue weighted by Crippen LogP contribution is -2.39. The number of amides is 1. The number of carbonyl (C=O) groups is 1. The van der Waals surface area contributed by atoms with E-state index in [0.29, 0.717) is 12.3 Å². The van der Waals surface area contributed by atoms with E-state index in [9.17, 15) is 4.79 Å². The van der Waals surface area contributed by atoms with Gasteiger partial charge in [-0.3, -0.25) is 9.78 Å². The van der Waals surface area contributed by atoms with Crippen LogP contribution in [0.3, 0.4) is 0 Å². The fourth-order valence-corrected chi connectivity index (χ4v) is 4.13. The van der Waals surface area contributed by atoms with Crippen LogP contribution in [0.1, 0.15) is 47.7 Å². The van der Waals surface area contributed by atoms with E-state index in [0.717, 1.165) is 50.2 Å². The van der Waals surface area contributed by atoms with E-state index in [-0.39, 0.29) is 5.91 Å². The second kappa shape index (κ2) is 9.51. The van der Waals surface area contributed by atoms with Gasteiger partial charge in [-0.15, -0.1) is 0 Å². The van der Waals surface area contributed by atoms with Crippen molar-refractivity contribution in [3.63, 3.8) is 0 Å². The van der Waals surface area contributed by atoms with Gasteiger partial charge in [-0.1, -0.05) is 66.7 Å². The SMILES string of the molecule is O=C(CCc1ccccc1)N1CCCC(c2cccc(Cc3ccccc3)n2)C1. The molecule has 0 aliphatic carbocycles. The van der Waals surface area contributed by atoms with Gasteiger partial charge in [-0.05, 0) is 42.5 Å². The minimum absolute atomic E-state index is 0.263. The number of carbonyl (C=O) groups excluding carboxylic acids is 1. The molecule has 1 aliphatic heterocycles. The first-order valence-electron chi connectivity index (χ1n) is 10.6. The van der Waals surface area contributed by atoms with Crippen LogP contribution in [0.25, 0.3) is 0 Å². The van der Waals surface area contributed by atoms with Crippen molar-refractivity contribution in [1.29, 1.82) is 0 Å². The minimum atomic E-state index is 0.263. The predicted octanol–water partition coefficient (Wildman–Crippen LogP) is 5.01. The number of hydrogen-bond acceptors (Lipinski definition) is 2. The van der Waals surface area contributed by atoms with E-state index in [1.807, 2.05) is 29.2 Å². The van der Waals surface area contributed by atoms with Gasteiger partial charge in [0.1, 0.15) is 0 Å². The molecule has 1 aromatic heterocycles. The Morgan fingerprint density at radius 3 is 2.38 bits per heavy atom. The molecule has 0 bridgehead atoms. The van der Waals surface area contributed by atoms with Gasteiger partial charge in [0.05, 0.1) is 0 Å². The second-order valence-corrected chi connectivity index (χ2v) is 7.88. The van der Waals surface area contributed by atoms with Gasteiger partial charge >= 0.3 is 0 Å². The summed E-state index contributed by atoms with van der Waals surface area (Å²) in [4.78, 5) is 19.7. The summed E-state index contributed by atoms with van der Waals surface area (Å²) in [7, 11) is 0. The normalized spacial score (nSPS) is 16.6. The van der Waals surface area contributed by atoms with Crippen LogP contribution in [0.15, 0.2) is 78.9 Å². The molecule has 1 amide bonds. The predicted molar refractivity (Wildman–Crippen MR) is 117 cm³/mol. The molecule has 1 fully saturated rings. The lowest BCUT2D eigenvalue weighted by atomic mass is 9.93. The third-order valence-corrected chi connectivity index (χ3v) is 5.72. The first-order valence-corrected chi connectivity index (χ1v) is 10.6. The molecule has 0 saturated carbocycles. The molecule has 1 aliphatic rings. The average Bonchev–Trinajstić information content (AvgIpc) is 2.79. The van der Waals surface area contributed by atoms with Crippen molar-refractivity contribution < 1.29 is 4.79 Å². The summed E-state index contributed by atoms with van der Waals surface area (Å²) in [5, 5.41) is 0. The molecule has 148 valence electrons. The largest absolute Gasteiger partial charge is 0.342 e. The van der Waals surface area contributed by atoms with Gasteiger partial charge in [-0.25, -0.2) is 0 Å². The van der Waals surface area contributed by atoms with Crippen molar-refractivity contribution >= 4 is 5.91 Å². The number of benzene rings is 2. The van der Waals surface area contributed by atoms with E-state index in [4.69, 9.17) is 4.98 Å². The van der Waals surface area contributed by atoms with E-state index >= 15 is 0 Å². The molecule has 3 nitrogen and oxygen atoms in total. The molecule has 3 heteroatoms. The third-order valence-electron chi connectivity index (χ3n) is 5.72. The molecule has 0 spiro atoms. The van der Waals surface area contributed by atoms with Crippen LogP contribution in [0, 0.1) is 0 Å². The monoisotopic (exact) mass is 384 g/mol.